The van der Waals surface area contributed by atoms with Crippen LogP contribution in [0.1, 0.15) is 43.6 Å². The number of carbonyl (C=O) groups is 1. The Hall–Kier alpha value is -1.44. The maximum absolute atomic E-state index is 12.9. The predicted octanol–water partition coefficient (Wildman–Crippen LogP) is 1.85. The lowest BCUT2D eigenvalue weighted by Crippen LogP contribution is -2.48. The smallest absolute Gasteiger partial charge is 0.254 e. The number of amides is 1. The second kappa shape index (κ2) is 7.43. The van der Waals surface area contributed by atoms with Gasteiger partial charge < -0.3 is 9.80 Å². The van der Waals surface area contributed by atoms with Crippen LogP contribution in [0.5, 0.6) is 0 Å². The quantitative estimate of drug-likeness (QED) is 0.882. The number of rotatable bonds is 4. The summed E-state index contributed by atoms with van der Waals surface area (Å²) in [5, 5.41) is 0. The van der Waals surface area contributed by atoms with E-state index in [1.807, 2.05) is 11.8 Å². The molecule has 7 heteroatoms. The van der Waals surface area contributed by atoms with Crippen LogP contribution in [0.2, 0.25) is 0 Å². The predicted molar refractivity (Wildman–Crippen MR) is 99.3 cm³/mol. The summed E-state index contributed by atoms with van der Waals surface area (Å²) in [4.78, 5) is 17.1. The number of sulfonamides is 1. The molecule has 140 valence electrons. The van der Waals surface area contributed by atoms with Crippen LogP contribution in [0.15, 0.2) is 23.1 Å². The monoisotopic (exact) mass is 367 g/mol. The van der Waals surface area contributed by atoms with Gasteiger partial charge in [-0.15, -0.1) is 0 Å². The molecular weight excluding hydrogens is 338 g/mol. The van der Waals surface area contributed by atoms with Gasteiger partial charge in [0.05, 0.1) is 4.90 Å². The van der Waals surface area contributed by atoms with Crippen molar-refractivity contribution in [3.05, 3.63) is 29.3 Å². The van der Waals surface area contributed by atoms with Crippen molar-refractivity contribution in [3.63, 3.8) is 0 Å². The van der Waals surface area contributed by atoms with Gasteiger partial charge in [-0.3, -0.25) is 4.79 Å². The molecule has 1 amide bonds. The maximum atomic E-state index is 12.9. The lowest BCUT2D eigenvalue weighted by Gasteiger charge is -2.34. The van der Waals surface area contributed by atoms with E-state index in [1.54, 1.807) is 32.9 Å². The molecule has 0 unspecified atom stereocenters. The molecule has 1 aliphatic rings. The van der Waals surface area contributed by atoms with Crippen LogP contribution in [0.25, 0.3) is 0 Å². The number of hydrogen-bond acceptors (Lipinski definition) is 4. The third-order valence-electron chi connectivity index (χ3n) is 4.30. The first-order valence-electron chi connectivity index (χ1n) is 8.70. The highest BCUT2D eigenvalue weighted by atomic mass is 32.2. The number of piperazine rings is 1. The van der Waals surface area contributed by atoms with E-state index in [-0.39, 0.29) is 10.8 Å². The molecule has 0 aliphatic carbocycles. The molecule has 0 radical (unpaired) electrons. The van der Waals surface area contributed by atoms with Gasteiger partial charge in [0, 0.05) is 37.3 Å². The van der Waals surface area contributed by atoms with Gasteiger partial charge in [0.25, 0.3) is 5.91 Å². The van der Waals surface area contributed by atoms with Gasteiger partial charge in [0.1, 0.15) is 0 Å². The highest BCUT2D eigenvalue weighted by molar-refractivity contribution is 7.89. The van der Waals surface area contributed by atoms with Crippen molar-refractivity contribution in [2.45, 2.75) is 45.1 Å². The summed E-state index contributed by atoms with van der Waals surface area (Å²) in [7, 11) is -3.66. The summed E-state index contributed by atoms with van der Waals surface area (Å²) in [6, 6.07) is 4.75. The molecule has 1 fully saturated rings. The van der Waals surface area contributed by atoms with Crippen LogP contribution in [-0.4, -0.2) is 62.4 Å². The molecule has 1 aliphatic heterocycles. The fraction of sp³-hybridized carbons (Fsp3) is 0.611. The third-order valence-corrected chi connectivity index (χ3v) is 6.05. The Kier molecular flexibility index (Phi) is 5.91. The summed E-state index contributed by atoms with van der Waals surface area (Å²) < 4.78 is 27.7. The van der Waals surface area contributed by atoms with Gasteiger partial charge in [-0.1, -0.05) is 13.0 Å². The standard InChI is InChI=1S/C18H29N3O3S/c1-6-20-9-11-21(12-10-20)17(22)16-13-15(8-7-14(16)2)25(23,24)19-18(3,4)5/h7-8,13,19H,6,9-12H2,1-5H3. The zero-order valence-corrected chi connectivity index (χ0v) is 16.6. The first-order valence-corrected chi connectivity index (χ1v) is 10.2. The van der Waals surface area contributed by atoms with Crippen LogP contribution in [0, 0.1) is 6.92 Å². The van der Waals surface area contributed by atoms with E-state index in [0.717, 1.165) is 25.2 Å². The van der Waals surface area contributed by atoms with Gasteiger partial charge in [-0.2, -0.15) is 0 Å². The zero-order chi connectivity index (χ0) is 18.8. The second-order valence-corrected chi connectivity index (χ2v) is 9.24. The van der Waals surface area contributed by atoms with E-state index in [2.05, 4.69) is 16.5 Å². The van der Waals surface area contributed by atoms with E-state index >= 15 is 0 Å². The normalized spacial score (nSPS) is 16.9. The minimum absolute atomic E-state index is 0.0962. The van der Waals surface area contributed by atoms with E-state index in [1.165, 1.54) is 6.07 Å². The summed E-state index contributed by atoms with van der Waals surface area (Å²) in [6.45, 7) is 13.3. The topological polar surface area (TPSA) is 69.7 Å². The van der Waals surface area contributed by atoms with Crippen LogP contribution in [0.4, 0.5) is 0 Å². The van der Waals surface area contributed by atoms with E-state index in [4.69, 9.17) is 0 Å². The van der Waals surface area contributed by atoms with Crippen molar-refractivity contribution in [1.82, 2.24) is 14.5 Å². The van der Waals surface area contributed by atoms with Crippen LogP contribution in [-0.2, 0) is 10.0 Å². The highest BCUT2D eigenvalue weighted by Gasteiger charge is 2.26. The molecule has 1 saturated heterocycles. The number of hydrogen-bond donors (Lipinski definition) is 1. The number of carbonyl (C=O) groups excluding carboxylic acids is 1. The number of aryl methyl sites for hydroxylation is 1. The third kappa shape index (κ3) is 5.03. The van der Waals surface area contributed by atoms with Crippen molar-refractivity contribution < 1.29 is 13.2 Å². The minimum atomic E-state index is -3.66. The maximum Gasteiger partial charge on any atom is 0.254 e. The number of nitrogens with one attached hydrogen (secondary N) is 1. The van der Waals surface area contributed by atoms with Gasteiger partial charge in [0.15, 0.2) is 0 Å². The summed E-state index contributed by atoms with van der Waals surface area (Å²) in [6.07, 6.45) is 0. The lowest BCUT2D eigenvalue weighted by molar-refractivity contribution is 0.0642. The molecule has 1 heterocycles. The van der Waals surface area contributed by atoms with Gasteiger partial charge in [0.2, 0.25) is 10.0 Å². The Morgan fingerprint density at radius 1 is 1.16 bits per heavy atom. The Morgan fingerprint density at radius 3 is 2.28 bits per heavy atom. The molecule has 6 nitrogen and oxygen atoms in total. The number of likely N-dealkylation sites (N-methyl/N-ethyl adjacent to an activating group) is 1. The van der Waals surface area contributed by atoms with Gasteiger partial charge in [-0.25, -0.2) is 13.1 Å². The Labute approximate surface area is 151 Å². The van der Waals surface area contributed by atoms with Crippen molar-refractivity contribution in [2.75, 3.05) is 32.7 Å². The molecule has 0 saturated carbocycles. The van der Waals surface area contributed by atoms with Crippen molar-refractivity contribution >= 4 is 15.9 Å². The molecule has 1 N–H and O–H groups in total. The molecule has 1 aromatic carbocycles. The molecule has 25 heavy (non-hydrogen) atoms. The molecule has 1 aromatic rings. The van der Waals surface area contributed by atoms with Crippen molar-refractivity contribution in [2.24, 2.45) is 0 Å². The Bertz CT molecular complexity index is 730. The molecule has 0 aromatic heterocycles. The van der Waals surface area contributed by atoms with E-state index < -0.39 is 15.6 Å². The lowest BCUT2D eigenvalue weighted by atomic mass is 10.1. The van der Waals surface area contributed by atoms with Gasteiger partial charge in [-0.05, 0) is 51.9 Å². The number of nitrogens with zero attached hydrogens (tertiary/aromatic N) is 2. The molecule has 0 spiro atoms. The molecular formula is C18H29N3O3S. The minimum Gasteiger partial charge on any atom is -0.336 e. The van der Waals surface area contributed by atoms with Crippen LogP contribution >= 0.6 is 0 Å². The summed E-state index contributed by atoms with van der Waals surface area (Å²) in [5.41, 5.74) is 0.670. The molecule has 0 atom stereocenters. The summed E-state index contributed by atoms with van der Waals surface area (Å²) >= 11 is 0. The SMILES string of the molecule is CCN1CCN(C(=O)c2cc(S(=O)(=O)NC(C)(C)C)ccc2C)CC1. The van der Waals surface area contributed by atoms with Crippen molar-refractivity contribution in [3.8, 4) is 0 Å². The zero-order valence-electron chi connectivity index (χ0n) is 15.8. The van der Waals surface area contributed by atoms with Crippen LogP contribution < -0.4 is 4.72 Å². The van der Waals surface area contributed by atoms with Crippen LogP contribution in [0.3, 0.4) is 0 Å². The van der Waals surface area contributed by atoms with Crippen molar-refractivity contribution in [1.29, 1.82) is 0 Å². The Balaban J connectivity index is 2.26. The first-order chi connectivity index (χ1) is 11.5. The highest BCUT2D eigenvalue weighted by Crippen LogP contribution is 2.20. The fourth-order valence-corrected chi connectivity index (χ4v) is 4.34. The number of benzene rings is 1. The Morgan fingerprint density at radius 2 is 1.76 bits per heavy atom. The van der Waals surface area contributed by atoms with E-state index in [9.17, 15) is 13.2 Å². The summed E-state index contributed by atoms with van der Waals surface area (Å²) in [5.74, 6) is -0.0962. The molecule has 0 bridgehead atoms. The largest absolute Gasteiger partial charge is 0.336 e. The fourth-order valence-electron chi connectivity index (χ4n) is 2.90. The average Bonchev–Trinajstić information content (AvgIpc) is 2.52. The van der Waals surface area contributed by atoms with E-state index in [0.29, 0.717) is 18.7 Å². The van der Waals surface area contributed by atoms with Gasteiger partial charge >= 0.3 is 0 Å². The second-order valence-electron chi connectivity index (χ2n) is 7.56. The molecule has 2 rings (SSSR count). The first kappa shape index (κ1) is 19.9. The average molecular weight is 368 g/mol.